The van der Waals surface area contributed by atoms with E-state index >= 15 is 0 Å². The molecule has 1 heterocycles. The van der Waals surface area contributed by atoms with Gasteiger partial charge < -0.3 is 15.8 Å². The summed E-state index contributed by atoms with van der Waals surface area (Å²) in [6.45, 7) is 0. The van der Waals surface area contributed by atoms with Crippen molar-refractivity contribution in [3.8, 4) is 11.6 Å². The number of ether oxygens (including phenoxy) is 1. The van der Waals surface area contributed by atoms with Crippen molar-refractivity contribution in [2.24, 2.45) is 5.73 Å². The van der Waals surface area contributed by atoms with Crippen molar-refractivity contribution in [2.45, 2.75) is 6.18 Å². The third-order valence-corrected chi connectivity index (χ3v) is 4.41. The van der Waals surface area contributed by atoms with Crippen molar-refractivity contribution >= 4 is 39.9 Å². The Hall–Kier alpha value is -2.96. The molecule has 0 atom stereocenters. The van der Waals surface area contributed by atoms with Crippen LogP contribution >= 0.6 is 22.6 Å². The van der Waals surface area contributed by atoms with E-state index in [1.807, 2.05) is 22.6 Å². The number of hydrogen-bond donors (Lipinski definition) is 2. The Bertz CT molecular complexity index is 1120. The monoisotopic (exact) mass is 535 g/mol. The number of nitrogens with zero attached hydrogens (tertiary/aromatic N) is 1. The minimum atomic E-state index is -4.73. The van der Waals surface area contributed by atoms with Gasteiger partial charge in [-0.3, -0.25) is 4.79 Å². The minimum absolute atomic E-state index is 0.0772. The second-order valence-corrected chi connectivity index (χ2v) is 7.15. The second kappa shape index (κ2) is 8.42. The maximum absolute atomic E-state index is 14.1. The summed E-state index contributed by atoms with van der Waals surface area (Å²) in [5, 5.41) is 2.55. The maximum Gasteiger partial charge on any atom is 0.433 e. The molecule has 156 valence electrons. The molecule has 2 aromatic carbocycles. The van der Waals surface area contributed by atoms with Crippen LogP contribution in [-0.4, -0.2) is 10.9 Å². The van der Waals surface area contributed by atoms with Crippen molar-refractivity contribution in [1.29, 1.82) is 0 Å². The smallest absolute Gasteiger partial charge is 0.433 e. The molecule has 1 aromatic heterocycles. The van der Waals surface area contributed by atoms with E-state index in [9.17, 15) is 26.7 Å². The molecule has 30 heavy (non-hydrogen) atoms. The SMILES string of the molecule is NC(=O)c1c(Nc2ccc(I)cc2F)cc(F)cc1Oc1cccc(C(F)(F)F)n1. The molecule has 0 bridgehead atoms. The number of anilines is 2. The van der Waals surface area contributed by atoms with Crippen molar-refractivity contribution in [3.63, 3.8) is 0 Å². The number of benzene rings is 2. The largest absolute Gasteiger partial charge is 0.438 e. The lowest BCUT2D eigenvalue weighted by Crippen LogP contribution is -2.16. The van der Waals surface area contributed by atoms with E-state index in [2.05, 4.69) is 10.3 Å². The van der Waals surface area contributed by atoms with E-state index in [-0.39, 0.29) is 11.4 Å². The molecule has 0 aliphatic rings. The molecule has 0 aliphatic heterocycles. The lowest BCUT2D eigenvalue weighted by Gasteiger charge is -2.16. The fourth-order valence-electron chi connectivity index (χ4n) is 2.49. The summed E-state index contributed by atoms with van der Waals surface area (Å²) in [7, 11) is 0. The predicted octanol–water partition coefficient (Wildman–Crippen LogP) is 5.62. The van der Waals surface area contributed by atoms with Crippen LogP contribution in [-0.2, 0) is 6.18 Å². The standard InChI is InChI=1S/C19H11F5IN3O2/c20-9-6-13(27-12-5-4-10(25)8-11(12)21)17(18(26)29)14(7-9)30-16-3-1-2-15(28-16)19(22,23)24/h1-8,27H,(H2,26,29). The highest BCUT2D eigenvalue weighted by Gasteiger charge is 2.33. The number of nitrogens with one attached hydrogen (secondary N) is 1. The maximum atomic E-state index is 14.1. The Morgan fingerprint density at radius 1 is 1.07 bits per heavy atom. The Balaban J connectivity index is 2.04. The van der Waals surface area contributed by atoms with E-state index in [0.717, 1.165) is 30.3 Å². The number of alkyl halides is 3. The summed E-state index contributed by atoms with van der Waals surface area (Å²) in [6, 6.07) is 8.63. The van der Waals surface area contributed by atoms with Gasteiger partial charge in [0.2, 0.25) is 5.88 Å². The highest BCUT2D eigenvalue weighted by Crippen LogP contribution is 2.35. The number of nitrogens with two attached hydrogens (primary N) is 1. The van der Waals surface area contributed by atoms with Gasteiger partial charge in [0.05, 0.1) is 11.4 Å². The predicted molar refractivity (Wildman–Crippen MR) is 107 cm³/mol. The average molecular weight is 535 g/mol. The highest BCUT2D eigenvalue weighted by atomic mass is 127. The van der Waals surface area contributed by atoms with Crippen LogP contribution < -0.4 is 15.8 Å². The number of halogens is 6. The van der Waals surface area contributed by atoms with Crippen LogP contribution in [0.1, 0.15) is 16.1 Å². The number of carbonyl (C=O) groups is 1. The Morgan fingerprint density at radius 2 is 1.80 bits per heavy atom. The van der Waals surface area contributed by atoms with Crippen molar-refractivity contribution in [1.82, 2.24) is 4.98 Å². The van der Waals surface area contributed by atoms with E-state index in [1.165, 1.54) is 12.1 Å². The van der Waals surface area contributed by atoms with Gasteiger partial charge in [0.25, 0.3) is 5.91 Å². The minimum Gasteiger partial charge on any atom is -0.438 e. The molecule has 0 saturated carbocycles. The number of carbonyl (C=O) groups excluding carboxylic acids is 1. The van der Waals surface area contributed by atoms with Crippen molar-refractivity contribution in [2.75, 3.05) is 5.32 Å². The Kier molecular flexibility index (Phi) is 6.10. The molecular weight excluding hydrogens is 524 g/mol. The first-order valence-electron chi connectivity index (χ1n) is 8.12. The fraction of sp³-hybridized carbons (Fsp3) is 0.0526. The quantitative estimate of drug-likeness (QED) is 0.329. The number of rotatable bonds is 5. The van der Waals surface area contributed by atoms with E-state index in [4.69, 9.17) is 10.5 Å². The Morgan fingerprint density at radius 3 is 2.43 bits per heavy atom. The molecule has 0 saturated heterocycles. The van der Waals surface area contributed by atoms with Gasteiger partial charge in [-0.1, -0.05) is 6.07 Å². The molecule has 3 aromatic rings. The number of aromatic nitrogens is 1. The molecule has 0 unspecified atom stereocenters. The summed E-state index contributed by atoms with van der Waals surface area (Å²) < 4.78 is 72.7. The van der Waals surface area contributed by atoms with Crippen LogP contribution in [0.15, 0.2) is 48.5 Å². The topological polar surface area (TPSA) is 77.2 Å². The lowest BCUT2D eigenvalue weighted by atomic mass is 10.1. The van der Waals surface area contributed by atoms with Crippen LogP contribution in [0.4, 0.5) is 33.3 Å². The average Bonchev–Trinajstić information content (AvgIpc) is 2.63. The van der Waals surface area contributed by atoms with Crippen LogP contribution in [0.25, 0.3) is 0 Å². The zero-order valence-electron chi connectivity index (χ0n) is 14.7. The van der Waals surface area contributed by atoms with Crippen LogP contribution in [0, 0.1) is 15.2 Å². The molecule has 0 spiro atoms. The summed E-state index contributed by atoms with van der Waals surface area (Å²) in [6.07, 6.45) is -4.73. The van der Waals surface area contributed by atoms with Gasteiger partial charge in [0.1, 0.15) is 28.6 Å². The number of primary amides is 1. The third kappa shape index (κ3) is 4.96. The summed E-state index contributed by atoms with van der Waals surface area (Å²) >= 11 is 1.89. The van der Waals surface area contributed by atoms with Gasteiger partial charge in [0.15, 0.2) is 0 Å². The number of amides is 1. The summed E-state index contributed by atoms with van der Waals surface area (Å²) in [5.74, 6) is -3.68. The highest BCUT2D eigenvalue weighted by molar-refractivity contribution is 14.1. The van der Waals surface area contributed by atoms with E-state index in [1.54, 1.807) is 6.07 Å². The van der Waals surface area contributed by atoms with Crippen LogP contribution in [0.2, 0.25) is 0 Å². The van der Waals surface area contributed by atoms with Gasteiger partial charge in [-0.05, 0) is 52.9 Å². The second-order valence-electron chi connectivity index (χ2n) is 5.90. The molecule has 5 nitrogen and oxygen atoms in total. The van der Waals surface area contributed by atoms with Gasteiger partial charge in [-0.25, -0.2) is 13.8 Å². The molecule has 0 radical (unpaired) electrons. The van der Waals surface area contributed by atoms with Gasteiger partial charge >= 0.3 is 6.18 Å². The van der Waals surface area contributed by atoms with E-state index in [0.29, 0.717) is 3.57 Å². The molecule has 11 heteroatoms. The van der Waals surface area contributed by atoms with Gasteiger partial charge in [0, 0.05) is 15.7 Å². The summed E-state index contributed by atoms with van der Waals surface area (Å²) in [5.41, 5.74) is 3.41. The lowest BCUT2D eigenvalue weighted by molar-refractivity contribution is -0.141. The van der Waals surface area contributed by atoms with Gasteiger partial charge in [-0.2, -0.15) is 13.2 Å². The molecule has 0 aliphatic carbocycles. The zero-order chi connectivity index (χ0) is 22.1. The summed E-state index contributed by atoms with van der Waals surface area (Å²) in [4.78, 5) is 15.3. The molecular formula is C19H11F5IN3O2. The zero-order valence-corrected chi connectivity index (χ0v) is 16.9. The number of hydrogen-bond acceptors (Lipinski definition) is 4. The van der Waals surface area contributed by atoms with Crippen LogP contribution in [0.3, 0.4) is 0 Å². The van der Waals surface area contributed by atoms with Crippen molar-refractivity contribution in [3.05, 3.63) is 75.0 Å². The van der Waals surface area contributed by atoms with Crippen LogP contribution in [0.5, 0.6) is 11.6 Å². The molecule has 3 N–H and O–H groups in total. The normalized spacial score (nSPS) is 11.3. The third-order valence-electron chi connectivity index (χ3n) is 3.74. The van der Waals surface area contributed by atoms with E-state index < -0.39 is 46.6 Å². The fourth-order valence-corrected chi connectivity index (χ4v) is 2.95. The first-order chi connectivity index (χ1) is 14.0. The molecule has 3 rings (SSSR count). The molecule has 1 amide bonds. The first kappa shape index (κ1) is 21.7. The van der Waals surface area contributed by atoms with Crippen molar-refractivity contribution < 1.29 is 31.5 Å². The van der Waals surface area contributed by atoms with Gasteiger partial charge in [-0.15, -0.1) is 0 Å². The Labute approximate surface area is 180 Å². The number of pyridine rings is 1. The first-order valence-corrected chi connectivity index (χ1v) is 9.20. The molecule has 0 fully saturated rings.